The lowest BCUT2D eigenvalue weighted by molar-refractivity contribution is 0.254. The number of hydrogen-bond donors (Lipinski definition) is 1. The van der Waals surface area contributed by atoms with Crippen molar-refractivity contribution >= 4 is 11.4 Å². The summed E-state index contributed by atoms with van der Waals surface area (Å²) in [6.07, 6.45) is 2.24. The topological polar surface area (TPSA) is 41.7 Å². The number of anilines is 2. The Labute approximate surface area is 144 Å². The Hall–Kier alpha value is -2.20. The van der Waals surface area contributed by atoms with E-state index in [1.807, 2.05) is 24.3 Å². The molecule has 4 nitrogen and oxygen atoms in total. The highest BCUT2D eigenvalue weighted by Gasteiger charge is 2.16. The van der Waals surface area contributed by atoms with Gasteiger partial charge in [-0.1, -0.05) is 18.2 Å². The van der Waals surface area contributed by atoms with Crippen molar-refractivity contribution in [1.29, 1.82) is 0 Å². The summed E-state index contributed by atoms with van der Waals surface area (Å²) in [5.74, 6) is 1.01. The maximum Gasteiger partial charge on any atom is 0.122 e. The van der Waals surface area contributed by atoms with Gasteiger partial charge in [0.1, 0.15) is 5.75 Å². The van der Waals surface area contributed by atoms with Crippen LogP contribution in [-0.4, -0.2) is 44.7 Å². The van der Waals surface area contributed by atoms with Crippen LogP contribution in [0.3, 0.4) is 0 Å². The Bertz CT molecular complexity index is 634. The van der Waals surface area contributed by atoms with Crippen molar-refractivity contribution < 1.29 is 4.74 Å². The molecule has 0 aliphatic carbocycles. The molecule has 0 amide bonds. The average molecular weight is 325 g/mol. The molecule has 2 aromatic carbocycles. The Morgan fingerprint density at radius 2 is 1.67 bits per heavy atom. The van der Waals surface area contributed by atoms with E-state index in [1.165, 1.54) is 17.7 Å². The standard InChI is InChI=1S/C20H27N3O/c1-24-20-7-3-2-5-17(20)6-4-12-22-13-15-23(16-14-22)19-10-8-18(21)9-11-19/h2-3,5,7-11H,4,6,12-16,21H2,1H3. The lowest BCUT2D eigenvalue weighted by Gasteiger charge is -2.36. The summed E-state index contributed by atoms with van der Waals surface area (Å²) in [5.41, 5.74) is 9.18. The molecule has 0 radical (unpaired) electrons. The fourth-order valence-electron chi connectivity index (χ4n) is 3.32. The van der Waals surface area contributed by atoms with Gasteiger partial charge in [0.15, 0.2) is 0 Å². The van der Waals surface area contributed by atoms with Crippen molar-refractivity contribution in [2.24, 2.45) is 0 Å². The quantitative estimate of drug-likeness (QED) is 0.829. The van der Waals surface area contributed by atoms with Gasteiger partial charge >= 0.3 is 0 Å². The molecule has 2 aromatic rings. The first-order chi connectivity index (χ1) is 11.8. The molecule has 0 spiro atoms. The largest absolute Gasteiger partial charge is 0.496 e. The van der Waals surface area contributed by atoms with E-state index in [-0.39, 0.29) is 0 Å². The van der Waals surface area contributed by atoms with E-state index in [1.54, 1.807) is 7.11 Å². The highest BCUT2D eigenvalue weighted by Crippen LogP contribution is 2.20. The molecule has 0 unspecified atom stereocenters. The van der Waals surface area contributed by atoms with Crippen molar-refractivity contribution in [1.82, 2.24) is 4.90 Å². The van der Waals surface area contributed by atoms with Gasteiger partial charge in [0.05, 0.1) is 7.11 Å². The third-order valence-corrected chi connectivity index (χ3v) is 4.74. The fourth-order valence-corrected chi connectivity index (χ4v) is 3.32. The maximum atomic E-state index is 5.77. The number of nitrogens with zero attached hydrogens (tertiary/aromatic N) is 2. The van der Waals surface area contributed by atoms with E-state index in [4.69, 9.17) is 10.5 Å². The number of ether oxygens (including phenoxy) is 1. The lowest BCUT2D eigenvalue weighted by atomic mass is 10.1. The molecule has 2 N–H and O–H groups in total. The molecule has 0 atom stereocenters. The number of benzene rings is 2. The Balaban J connectivity index is 1.43. The highest BCUT2D eigenvalue weighted by atomic mass is 16.5. The minimum Gasteiger partial charge on any atom is -0.496 e. The molecule has 0 saturated carbocycles. The molecule has 1 fully saturated rings. The Morgan fingerprint density at radius 1 is 0.958 bits per heavy atom. The first-order valence-corrected chi connectivity index (χ1v) is 8.71. The molecule has 3 rings (SSSR count). The molecule has 1 aliphatic rings. The second-order valence-corrected chi connectivity index (χ2v) is 6.34. The molecule has 0 aromatic heterocycles. The van der Waals surface area contributed by atoms with Crippen LogP contribution in [0.2, 0.25) is 0 Å². The molecule has 1 saturated heterocycles. The number of aryl methyl sites for hydroxylation is 1. The zero-order chi connectivity index (χ0) is 16.8. The van der Waals surface area contributed by atoms with Gasteiger partial charge in [0, 0.05) is 37.6 Å². The summed E-state index contributed by atoms with van der Waals surface area (Å²) in [7, 11) is 1.75. The van der Waals surface area contributed by atoms with Crippen molar-refractivity contribution in [2.75, 3.05) is 50.5 Å². The Kier molecular flexibility index (Phi) is 5.59. The molecule has 4 heteroatoms. The smallest absolute Gasteiger partial charge is 0.122 e. The van der Waals surface area contributed by atoms with Gasteiger partial charge < -0.3 is 15.4 Å². The molecule has 128 valence electrons. The second-order valence-electron chi connectivity index (χ2n) is 6.34. The van der Waals surface area contributed by atoms with Gasteiger partial charge in [0.2, 0.25) is 0 Å². The van der Waals surface area contributed by atoms with E-state index < -0.39 is 0 Å². The molecular weight excluding hydrogens is 298 g/mol. The van der Waals surface area contributed by atoms with Crippen LogP contribution in [0.25, 0.3) is 0 Å². The second kappa shape index (κ2) is 8.06. The van der Waals surface area contributed by atoms with E-state index in [2.05, 4.69) is 34.1 Å². The van der Waals surface area contributed by atoms with Crippen molar-refractivity contribution in [2.45, 2.75) is 12.8 Å². The average Bonchev–Trinajstić information content (AvgIpc) is 2.63. The molecule has 1 aliphatic heterocycles. The maximum absolute atomic E-state index is 5.77. The van der Waals surface area contributed by atoms with Crippen LogP contribution in [0, 0.1) is 0 Å². The van der Waals surface area contributed by atoms with Crippen LogP contribution >= 0.6 is 0 Å². The number of nitrogen functional groups attached to an aromatic ring is 1. The van der Waals surface area contributed by atoms with Crippen LogP contribution in [0.1, 0.15) is 12.0 Å². The van der Waals surface area contributed by atoms with Gasteiger partial charge in [-0.05, 0) is 55.3 Å². The number of methoxy groups -OCH3 is 1. The van der Waals surface area contributed by atoms with Crippen molar-refractivity contribution in [3.63, 3.8) is 0 Å². The number of nitrogens with two attached hydrogens (primary N) is 1. The number of rotatable bonds is 6. The summed E-state index contributed by atoms with van der Waals surface area (Å²) in [6, 6.07) is 16.5. The summed E-state index contributed by atoms with van der Waals surface area (Å²) in [6.45, 7) is 5.55. The van der Waals surface area contributed by atoms with Crippen LogP contribution in [0.4, 0.5) is 11.4 Å². The number of hydrogen-bond acceptors (Lipinski definition) is 4. The highest BCUT2D eigenvalue weighted by molar-refractivity contribution is 5.53. The minimum atomic E-state index is 0.828. The van der Waals surface area contributed by atoms with Crippen LogP contribution < -0.4 is 15.4 Å². The summed E-state index contributed by atoms with van der Waals surface area (Å²) in [5, 5.41) is 0. The molecule has 24 heavy (non-hydrogen) atoms. The minimum absolute atomic E-state index is 0.828. The first-order valence-electron chi connectivity index (χ1n) is 8.71. The molecule has 0 bridgehead atoms. The van der Waals surface area contributed by atoms with Gasteiger partial charge in [0.25, 0.3) is 0 Å². The third kappa shape index (κ3) is 4.20. The summed E-state index contributed by atoms with van der Waals surface area (Å²) >= 11 is 0. The van der Waals surface area contributed by atoms with Crippen LogP contribution in [0.15, 0.2) is 48.5 Å². The monoisotopic (exact) mass is 325 g/mol. The normalized spacial score (nSPS) is 15.5. The summed E-state index contributed by atoms with van der Waals surface area (Å²) in [4.78, 5) is 5.00. The van der Waals surface area contributed by atoms with Crippen molar-refractivity contribution in [3.8, 4) is 5.75 Å². The van der Waals surface area contributed by atoms with Gasteiger partial charge in [-0.25, -0.2) is 0 Å². The van der Waals surface area contributed by atoms with Gasteiger partial charge in [-0.15, -0.1) is 0 Å². The SMILES string of the molecule is COc1ccccc1CCCN1CCN(c2ccc(N)cc2)CC1. The van der Waals surface area contributed by atoms with E-state index >= 15 is 0 Å². The Morgan fingerprint density at radius 3 is 2.38 bits per heavy atom. The predicted molar refractivity (Wildman–Crippen MR) is 101 cm³/mol. The number of para-hydroxylation sites is 1. The number of piperazine rings is 1. The van der Waals surface area contributed by atoms with Gasteiger partial charge in [-0.3, -0.25) is 4.90 Å². The van der Waals surface area contributed by atoms with Crippen LogP contribution in [-0.2, 0) is 6.42 Å². The lowest BCUT2D eigenvalue weighted by Crippen LogP contribution is -2.46. The fraction of sp³-hybridized carbons (Fsp3) is 0.400. The van der Waals surface area contributed by atoms with Crippen molar-refractivity contribution in [3.05, 3.63) is 54.1 Å². The van der Waals surface area contributed by atoms with Gasteiger partial charge in [-0.2, -0.15) is 0 Å². The zero-order valence-corrected chi connectivity index (χ0v) is 14.4. The molecular formula is C20H27N3O. The molecule has 1 heterocycles. The summed E-state index contributed by atoms with van der Waals surface area (Å²) < 4.78 is 5.43. The first kappa shape index (κ1) is 16.7. The van der Waals surface area contributed by atoms with E-state index in [0.717, 1.165) is 50.6 Å². The third-order valence-electron chi connectivity index (χ3n) is 4.74. The van der Waals surface area contributed by atoms with E-state index in [0.29, 0.717) is 0 Å². The van der Waals surface area contributed by atoms with E-state index in [9.17, 15) is 0 Å². The zero-order valence-electron chi connectivity index (χ0n) is 14.4. The predicted octanol–water partition coefficient (Wildman–Crippen LogP) is 3.03. The van der Waals surface area contributed by atoms with Crippen LogP contribution in [0.5, 0.6) is 5.75 Å².